The average Bonchev–Trinajstić information content (AvgIpc) is 3.12. The predicted octanol–water partition coefficient (Wildman–Crippen LogP) is 4.80. The SMILES string of the molecule is C=CCCCCCCC=C(CC=C)CC1CO1. The molecular formula is C16H26O. The van der Waals surface area contributed by atoms with Crippen LogP contribution in [0.5, 0.6) is 0 Å². The van der Waals surface area contributed by atoms with Crippen molar-refractivity contribution in [1.29, 1.82) is 0 Å². The van der Waals surface area contributed by atoms with Crippen molar-refractivity contribution in [3.63, 3.8) is 0 Å². The standard InChI is InChI=1S/C16H26O/c1-3-5-6-7-8-9-10-12-15(11-4-2)13-16-14-17-16/h3-4,12,16H,1-2,5-11,13-14H2. The van der Waals surface area contributed by atoms with Crippen molar-refractivity contribution in [3.05, 3.63) is 37.0 Å². The Hall–Kier alpha value is -0.820. The summed E-state index contributed by atoms with van der Waals surface area (Å²) in [6, 6.07) is 0. The van der Waals surface area contributed by atoms with Gasteiger partial charge in [0.25, 0.3) is 0 Å². The summed E-state index contributed by atoms with van der Waals surface area (Å²) in [6.07, 6.45) is 16.7. The lowest BCUT2D eigenvalue weighted by atomic mass is 10.0. The molecule has 0 spiro atoms. The molecule has 96 valence electrons. The molecule has 1 unspecified atom stereocenters. The maximum Gasteiger partial charge on any atom is 0.0847 e. The maximum atomic E-state index is 5.27. The highest BCUT2D eigenvalue weighted by Gasteiger charge is 2.22. The summed E-state index contributed by atoms with van der Waals surface area (Å²) in [5, 5.41) is 0. The predicted molar refractivity (Wildman–Crippen MR) is 75.2 cm³/mol. The van der Waals surface area contributed by atoms with Gasteiger partial charge in [0.15, 0.2) is 0 Å². The maximum absolute atomic E-state index is 5.27. The molecule has 0 bridgehead atoms. The molecule has 1 aliphatic heterocycles. The van der Waals surface area contributed by atoms with E-state index in [1.807, 2.05) is 12.2 Å². The first-order chi connectivity index (χ1) is 8.36. The second-order valence-corrected chi connectivity index (χ2v) is 4.79. The summed E-state index contributed by atoms with van der Waals surface area (Å²) < 4.78 is 5.27. The van der Waals surface area contributed by atoms with Crippen molar-refractivity contribution in [2.75, 3.05) is 6.61 Å². The first kappa shape index (κ1) is 14.2. The molecule has 1 saturated heterocycles. The highest BCUT2D eigenvalue weighted by molar-refractivity contribution is 5.09. The number of allylic oxidation sites excluding steroid dienone is 3. The topological polar surface area (TPSA) is 12.5 Å². The van der Waals surface area contributed by atoms with Crippen LogP contribution in [-0.4, -0.2) is 12.7 Å². The van der Waals surface area contributed by atoms with Gasteiger partial charge < -0.3 is 4.74 Å². The van der Waals surface area contributed by atoms with E-state index < -0.39 is 0 Å². The van der Waals surface area contributed by atoms with E-state index in [2.05, 4.69) is 19.2 Å². The molecule has 17 heavy (non-hydrogen) atoms. The molecule has 1 aliphatic rings. The minimum absolute atomic E-state index is 0.508. The molecular weight excluding hydrogens is 208 g/mol. The molecule has 1 heterocycles. The zero-order chi connectivity index (χ0) is 12.3. The van der Waals surface area contributed by atoms with Crippen LogP contribution in [0, 0.1) is 0 Å². The Morgan fingerprint density at radius 1 is 1.06 bits per heavy atom. The van der Waals surface area contributed by atoms with Crippen LogP contribution in [0.25, 0.3) is 0 Å². The third-order valence-electron chi connectivity index (χ3n) is 3.09. The molecule has 0 radical (unpaired) electrons. The van der Waals surface area contributed by atoms with Gasteiger partial charge in [0.05, 0.1) is 12.7 Å². The zero-order valence-electron chi connectivity index (χ0n) is 11.0. The van der Waals surface area contributed by atoms with Gasteiger partial charge in [0.1, 0.15) is 0 Å². The summed E-state index contributed by atoms with van der Waals surface area (Å²) >= 11 is 0. The van der Waals surface area contributed by atoms with Gasteiger partial charge in [-0.05, 0) is 38.5 Å². The Bertz CT molecular complexity index is 248. The van der Waals surface area contributed by atoms with E-state index in [0.29, 0.717) is 6.10 Å². The number of rotatable bonds is 11. The molecule has 0 saturated carbocycles. The minimum atomic E-state index is 0.508. The average molecular weight is 234 g/mol. The second-order valence-electron chi connectivity index (χ2n) is 4.79. The normalized spacial score (nSPS) is 19.1. The Morgan fingerprint density at radius 3 is 2.35 bits per heavy atom. The smallest absolute Gasteiger partial charge is 0.0847 e. The van der Waals surface area contributed by atoms with Gasteiger partial charge >= 0.3 is 0 Å². The minimum Gasteiger partial charge on any atom is -0.373 e. The van der Waals surface area contributed by atoms with Crippen molar-refractivity contribution in [3.8, 4) is 0 Å². The Morgan fingerprint density at radius 2 is 1.76 bits per heavy atom. The van der Waals surface area contributed by atoms with Crippen LogP contribution in [-0.2, 0) is 4.74 Å². The van der Waals surface area contributed by atoms with E-state index >= 15 is 0 Å². The molecule has 0 aromatic rings. The highest BCUT2D eigenvalue weighted by Crippen LogP contribution is 2.22. The molecule has 0 N–H and O–H groups in total. The first-order valence-electron chi connectivity index (χ1n) is 6.88. The lowest BCUT2D eigenvalue weighted by Crippen LogP contribution is -1.90. The summed E-state index contributed by atoms with van der Waals surface area (Å²) in [5.74, 6) is 0. The van der Waals surface area contributed by atoms with Crippen LogP contribution in [0.3, 0.4) is 0 Å². The summed E-state index contributed by atoms with van der Waals surface area (Å²) in [5.41, 5.74) is 1.51. The van der Waals surface area contributed by atoms with Crippen LogP contribution in [0.2, 0.25) is 0 Å². The van der Waals surface area contributed by atoms with E-state index in [1.165, 1.54) is 37.7 Å². The molecule has 1 heteroatoms. The highest BCUT2D eigenvalue weighted by atomic mass is 16.6. The van der Waals surface area contributed by atoms with Crippen LogP contribution in [0.4, 0.5) is 0 Å². The van der Waals surface area contributed by atoms with Gasteiger partial charge in [-0.15, -0.1) is 13.2 Å². The van der Waals surface area contributed by atoms with Crippen molar-refractivity contribution < 1.29 is 4.74 Å². The van der Waals surface area contributed by atoms with Crippen molar-refractivity contribution in [1.82, 2.24) is 0 Å². The van der Waals surface area contributed by atoms with E-state index in [9.17, 15) is 0 Å². The third kappa shape index (κ3) is 7.98. The van der Waals surface area contributed by atoms with Crippen LogP contribution in [0.15, 0.2) is 37.0 Å². The summed E-state index contributed by atoms with van der Waals surface area (Å²) in [6.45, 7) is 8.51. The lowest BCUT2D eigenvalue weighted by Gasteiger charge is -2.03. The molecule has 0 aliphatic carbocycles. The van der Waals surface area contributed by atoms with Crippen LogP contribution < -0.4 is 0 Å². The molecule has 1 atom stereocenters. The second kappa shape index (κ2) is 9.23. The van der Waals surface area contributed by atoms with E-state index in [-0.39, 0.29) is 0 Å². The zero-order valence-corrected chi connectivity index (χ0v) is 11.0. The number of epoxide rings is 1. The number of unbranched alkanes of at least 4 members (excludes halogenated alkanes) is 5. The van der Waals surface area contributed by atoms with E-state index in [0.717, 1.165) is 25.9 Å². The summed E-state index contributed by atoms with van der Waals surface area (Å²) in [4.78, 5) is 0. The van der Waals surface area contributed by atoms with E-state index in [4.69, 9.17) is 4.74 Å². The molecule has 0 amide bonds. The molecule has 1 nitrogen and oxygen atoms in total. The Kier molecular flexibility index (Phi) is 7.74. The number of ether oxygens (including phenoxy) is 1. The fraction of sp³-hybridized carbons (Fsp3) is 0.625. The van der Waals surface area contributed by atoms with E-state index in [1.54, 1.807) is 0 Å². The molecule has 0 aromatic heterocycles. The summed E-state index contributed by atoms with van der Waals surface area (Å²) in [7, 11) is 0. The number of hydrogen-bond acceptors (Lipinski definition) is 1. The molecule has 0 aromatic carbocycles. The first-order valence-corrected chi connectivity index (χ1v) is 6.88. The van der Waals surface area contributed by atoms with Gasteiger partial charge in [-0.25, -0.2) is 0 Å². The van der Waals surface area contributed by atoms with Crippen LogP contribution >= 0.6 is 0 Å². The van der Waals surface area contributed by atoms with Gasteiger partial charge in [-0.3, -0.25) is 0 Å². The molecule has 1 rings (SSSR count). The van der Waals surface area contributed by atoms with Gasteiger partial charge in [0.2, 0.25) is 0 Å². The fourth-order valence-electron chi connectivity index (χ4n) is 2.01. The number of hydrogen-bond donors (Lipinski definition) is 0. The third-order valence-corrected chi connectivity index (χ3v) is 3.09. The quantitative estimate of drug-likeness (QED) is 0.284. The Balaban J connectivity index is 2.05. The largest absolute Gasteiger partial charge is 0.373 e. The molecule has 1 fully saturated rings. The van der Waals surface area contributed by atoms with Crippen LogP contribution in [0.1, 0.15) is 51.4 Å². The Labute approximate surface area is 106 Å². The van der Waals surface area contributed by atoms with Gasteiger partial charge in [0, 0.05) is 0 Å². The monoisotopic (exact) mass is 234 g/mol. The van der Waals surface area contributed by atoms with Gasteiger partial charge in [-0.1, -0.05) is 36.6 Å². The van der Waals surface area contributed by atoms with Crippen molar-refractivity contribution in [2.45, 2.75) is 57.5 Å². The van der Waals surface area contributed by atoms with Gasteiger partial charge in [-0.2, -0.15) is 0 Å². The lowest BCUT2D eigenvalue weighted by molar-refractivity contribution is 0.406. The van der Waals surface area contributed by atoms with Crippen molar-refractivity contribution in [2.24, 2.45) is 0 Å². The van der Waals surface area contributed by atoms with Crippen molar-refractivity contribution >= 4 is 0 Å². The fourth-order valence-corrected chi connectivity index (χ4v) is 2.01.